The lowest BCUT2D eigenvalue weighted by molar-refractivity contribution is -0.192. The average molecular weight is 521 g/mol. The van der Waals surface area contributed by atoms with E-state index >= 15 is 0 Å². The van der Waals surface area contributed by atoms with Gasteiger partial charge in [-0.3, -0.25) is 9.78 Å². The molecule has 0 aliphatic carbocycles. The van der Waals surface area contributed by atoms with Gasteiger partial charge in [0, 0.05) is 37.9 Å². The highest BCUT2D eigenvalue weighted by Gasteiger charge is 2.38. The van der Waals surface area contributed by atoms with Gasteiger partial charge < -0.3 is 19.4 Å². The Bertz CT molecular complexity index is 1530. The summed E-state index contributed by atoms with van der Waals surface area (Å²) in [4.78, 5) is 30.5. The van der Waals surface area contributed by atoms with Gasteiger partial charge in [-0.2, -0.15) is 13.2 Å². The third kappa shape index (κ3) is 6.44. The van der Waals surface area contributed by atoms with E-state index in [1.807, 2.05) is 77.7 Å². The SMILES string of the molecule is O=C(NCc1cccnc1)c1cc(-c2cn(Cc3ccccc3)cn2)n2ccccc12.O=C(O)C(F)(F)F. The van der Waals surface area contributed by atoms with E-state index in [0.717, 1.165) is 29.0 Å². The fourth-order valence-electron chi connectivity index (χ4n) is 3.69. The normalized spacial score (nSPS) is 11.0. The van der Waals surface area contributed by atoms with E-state index in [9.17, 15) is 18.0 Å². The van der Waals surface area contributed by atoms with Gasteiger partial charge in [-0.25, -0.2) is 9.78 Å². The monoisotopic (exact) mass is 521 g/mol. The first-order valence-electron chi connectivity index (χ1n) is 11.4. The largest absolute Gasteiger partial charge is 0.490 e. The Kier molecular flexibility index (Phi) is 7.86. The number of hydrogen-bond acceptors (Lipinski definition) is 4. The number of rotatable bonds is 6. The lowest BCUT2D eigenvalue weighted by atomic mass is 10.2. The van der Waals surface area contributed by atoms with Crippen molar-refractivity contribution in [2.45, 2.75) is 19.3 Å². The molecule has 4 aromatic heterocycles. The second-order valence-corrected chi connectivity index (χ2v) is 8.16. The number of halogens is 3. The molecular formula is C27H22F3N5O3. The highest BCUT2D eigenvalue weighted by Crippen LogP contribution is 2.25. The number of benzene rings is 1. The Morgan fingerprint density at radius 2 is 1.68 bits per heavy atom. The molecule has 4 heterocycles. The van der Waals surface area contributed by atoms with Crippen LogP contribution in [0.2, 0.25) is 0 Å². The molecule has 5 aromatic rings. The fourth-order valence-corrected chi connectivity index (χ4v) is 3.69. The Morgan fingerprint density at radius 1 is 0.974 bits per heavy atom. The number of hydrogen-bond donors (Lipinski definition) is 2. The molecule has 2 N–H and O–H groups in total. The quantitative estimate of drug-likeness (QED) is 0.334. The summed E-state index contributed by atoms with van der Waals surface area (Å²) < 4.78 is 35.8. The number of carboxylic acid groups (broad SMARTS) is 1. The highest BCUT2D eigenvalue weighted by molar-refractivity contribution is 6.02. The molecule has 0 spiro atoms. The number of fused-ring (bicyclic) bond motifs is 1. The number of nitrogens with one attached hydrogen (secondary N) is 1. The summed E-state index contributed by atoms with van der Waals surface area (Å²) >= 11 is 0. The third-order valence-corrected chi connectivity index (χ3v) is 5.44. The van der Waals surface area contributed by atoms with Crippen LogP contribution in [0.4, 0.5) is 13.2 Å². The second-order valence-electron chi connectivity index (χ2n) is 8.16. The molecule has 0 atom stereocenters. The van der Waals surface area contributed by atoms with Gasteiger partial charge in [-0.15, -0.1) is 0 Å². The molecule has 1 amide bonds. The standard InChI is InChI=1S/C25H21N5O.C2HF3O2/c31-25(27-15-20-9-6-11-26-14-20)21-13-24(30-12-5-4-10-23(21)30)22-17-29(18-28-22)16-19-7-2-1-3-8-19;3-2(4,5)1(6)7/h1-14,17-18H,15-16H2,(H,27,31);(H,6,7). The topological polar surface area (TPSA) is 102 Å². The van der Waals surface area contributed by atoms with Crippen LogP contribution < -0.4 is 5.32 Å². The van der Waals surface area contributed by atoms with E-state index in [2.05, 4.69) is 32.0 Å². The maximum absolute atomic E-state index is 13.0. The Morgan fingerprint density at radius 3 is 2.37 bits per heavy atom. The van der Waals surface area contributed by atoms with E-state index in [1.165, 1.54) is 5.56 Å². The van der Waals surface area contributed by atoms with Crippen molar-refractivity contribution < 1.29 is 27.9 Å². The smallest absolute Gasteiger partial charge is 0.475 e. The summed E-state index contributed by atoms with van der Waals surface area (Å²) in [5.41, 5.74) is 5.34. The maximum atomic E-state index is 13.0. The van der Waals surface area contributed by atoms with E-state index < -0.39 is 12.1 Å². The second kappa shape index (κ2) is 11.4. The lowest BCUT2D eigenvalue weighted by Gasteiger charge is -2.04. The maximum Gasteiger partial charge on any atom is 0.490 e. The van der Waals surface area contributed by atoms with Crippen molar-refractivity contribution >= 4 is 17.4 Å². The van der Waals surface area contributed by atoms with E-state index in [-0.39, 0.29) is 5.91 Å². The minimum atomic E-state index is -5.08. The van der Waals surface area contributed by atoms with Gasteiger partial charge in [0.05, 0.1) is 23.1 Å². The van der Waals surface area contributed by atoms with Gasteiger partial charge in [-0.1, -0.05) is 42.5 Å². The molecule has 194 valence electrons. The van der Waals surface area contributed by atoms with Gasteiger partial charge in [0.25, 0.3) is 5.91 Å². The zero-order valence-electron chi connectivity index (χ0n) is 19.8. The molecule has 0 fully saturated rings. The zero-order chi connectivity index (χ0) is 27.1. The van der Waals surface area contributed by atoms with E-state index in [4.69, 9.17) is 9.90 Å². The summed E-state index contributed by atoms with van der Waals surface area (Å²) in [7, 11) is 0. The molecule has 0 aliphatic heterocycles. The number of imidazole rings is 1. The minimum absolute atomic E-state index is 0.123. The Labute approximate surface area is 215 Å². The fraction of sp³-hybridized carbons (Fsp3) is 0.111. The highest BCUT2D eigenvalue weighted by atomic mass is 19.4. The van der Waals surface area contributed by atoms with Crippen molar-refractivity contribution in [1.82, 2.24) is 24.3 Å². The van der Waals surface area contributed by atoms with Crippen LogP contribution in [0.3, 0.4) is 0 Å². The molecule has 0 bridgehead atoms. The molecule has 0 aliphatic rings. The Hall–Kier alpha value is -4.93. The number of aromatic nitrogens is 4. The van der Waals surface area contributed by atoms with Crippen LogP contribution in [0.25, 0.3) is 16.9 Å². The number of nitrogens with zero attached hydrogens (tertiary/aromatic N) is 4. The van der Waals surface area contributed by atoms with Crippen LogP contribution in [0.5, 0.6) is 0 Å². The number of carbonyl (C=O) groups excluding carboxylic acids is 1. The summed E-state index contributed by atoms with van der Waals surface area (Å²) in [5, 5.41) is 10.1. The molecule has 0 saturated carbocycles. The van der Waals surface area contributed by atoms with Crippen LogP contribution in [0.1, 0.15) is 21.5 Å². The van der Waals surface area contributed by atoms with E-state index in [0.29, 0.717) is 12.1 Å². The van der Waals surface area contributed by atoms with Crippen molar-refractivity contribution in [3.05, 3.63) is 115 Å². The minimum Gasteiger partial charge on any atom is -0.475 e. The Balaban J connectivity index is 0.000000426. The first-order chi connectivity index (χ1) is 18.2. The van der Waals surface area contributed by atoms with Crippen LogP contribution >= 0.6 is 0 Å². The molecule has 8 nitrogen and oxygen atoms in total. The first-order valence-corrected chi connectivity index (χ1v) is 11.4. The van der Waals surface area contributed by atoms with Gasteiger partial charge in [0.15, 0.2) is 0 Å². The molecule has 1 aromatic carbocycles. The van der Waals surface area contributed by atoms with Crippen LogP contribution in [0.15, 0.2) is 97.8 Å². The molecule has 5 rings (SSSR count). The number of carbonyl (C=O) groups is 2. The molecular weight excluding hydrogens is 499 g/mol. The van der Waals surface area contributed by atoms with Crippen LogP contribution in [-0.2, 0) is 17.9 Å². The van der Waals surface area contributed by atoms with Crippen molar-refractivity contribution in [1.29, 1.82) is 0 Å². The third-order valence-electron chi connectivity index (χ3n) is 5.44. The first kappa shape index (κ1) is 26.1. The molecule has 38 heavy (non-hydrogen) atoms. The number of amides is 1. The predicted octanol–water partition coefficient (Wildman–Crippen LogP) is 4.81. The summed E-state index contributed by atoms with van der Waals surface area (Å²) in [6, 6.07) is 21.8. The number of alkyl halides is 3. The van der Waals surface area contributed by atoms with Gasteiger partial charge in [0.1, 0.15) is 5.69 Å². The molecule has 0 radical (unpaired) electrons. The summed E-state index contributed by atoms with van der Waals surface area (Å²) in [5.74, 6) is -2.88. The summed E-state index contributed by atoms with van der Waals surface area (Å²) in [6.45, 7) is 1.17. The molecule has 0 unspecified atom stereocenters. The van der Waals surface area contributed by atoms with Crippen molar-refractivity contribution in [2.75, 3.05) is 0 Å². The average Bonchev–Trinajstić information content (AvgIpc) is 3.53. The zero-order valence-corrected chi connectivity index (χ0v) is 19.8. The van der Waals surface area contributed by atoms with Crippen LogP contribution in [0, 0.1) is 0 Å². The number of pyridine rings is 2. The predicted molar refractivity (Wildman–Crippen MR) is 133 cm³/mol. The van der Waals surface area contributed by atoms with Crippen LogP contribution in [-0.4, -0.2) is 42.1 Å². The summed E-state index contributed by atoms with van der Waals surface area (Å²) in [6.07, 6.45) is 4.18. The number of carboxylic acids is 1. The van der Waals surface area contributed by atoms with Gasteiger partial charge in [0.2, 0.25) is 0 Å². The van der Waals surface area contributed by atoms with Gasteiger partial charge >= 0.3 is 12.1 Å². The molecule has 11 heteroatoms. The molecule has 0 saturated heterocycles. The number of aliphatic carboxylic acids is 1. The van der Waals surface area contributed by atoms with Gasteiger partial charge in [-0.05, 0) is 35.4 Å². The lowest BCUT2D eigenvalue weighted by Crippen LogP contribution is -2.22. The van der Waals surface area contributed by atoms with E-state index in [1.54, 1.807) is 12.4 Å². The van der Waals surface area contributed by atoms with Crippen molar-refractivity contribution in [3.8, 4) is 11.4 Å². The van der Waals surface area contributed by atoms with Crippen molar-refractivity contribution in [3.63, 3.8) is 0 Å². The van der Waals surface area contributed by atoms with Crippen molar-refractivity contribution in [2.24, 2.45) is 0 Å².